The smallest absolute Gasteiger partial charge is 0.429 e. The van der Waals surface area contributed by atoms with Crippen molar-refractivity contribution in [2.24, 2.45) is 0 Å². The predicted octanol–water partition coefficient (Wildman–Crippen LogP) is 5.34. The quantitative estimate of drug-likeness (QED) is 0.558. The Balaban J connectivity index is 1.70. The molecule has 0 aliphatic carbocycles. The summed E-state index contributed by atoms with van der Waals surface area (Å²) in [6.07, 6.45) is -5.69. The van der Waals surface area contributed by atoms with Gasteiger partial charge >= 0.3 is 12.2 Å². The fraction of sp³-hybridized carbons (Fsp3) is 0.174. The number of halogens is 3. The number of pyridine rings is 1. The molecule has 0 saturated carbocycles. The third kappa shape index (κ3) is 5.63. The average Bonchev–Trinajstić information content (AvgIpc) is 2.73. The Bertz CT molecular complexity index is 1120. The van der Waals surface area contributed by atoms with E-state index in [9.17, 15) is 22.8 Å². The van der Waals surface area contributed by atoms with Crippen LogP contribution in [0.3, 0.4) is 0 Å². The van der Waals surface area contributed by atoms with Crippen molar-refractivity contribution in [1.82, 2.24) is 10.3 Å². The number of benzene rings is 2. The minimum absolute atomic E-state index is 0.0579. The molecule has 0 aliphatic rings. The van der Waals surface area contributed by atoms with Crippen molar-refractivity contribution in [3.05, 3.63) is 89.1 Å². The van der Waals surface area contributed by atoms with Crippen LogP contribution in [0.1, 0.15) is 33.2 Å². The van der Waals surface area contributed by atoms with Gasteiger partial charge in [0.1, 0.15) is 0 Å². The Kier molecular flexibility index (Phi) is 6.77. The largest absolute Gasteiger partial charge is 0.460 e. The first-order chi connectivity index (χ1) is 15.1. The summed E-state index contributed by atoms with van der Waals surface area (Å²) in [4.78, 5) is 28.3. The second kappa shape index (κ2) is 9.51. The van der Waals surface area contributed by atoms with Gasteiger partial charge in [-0.25, -0.2) is 9.78 Å². The molecule has 0 bridgehead atoms. The maximum atomic E-state index is 13.5. The van der Waals surface area contributed by atoms with Crippen molar-refractivity contribution >= 4 is 17.6 Å². The Morgan fingerprint density at radius 1 is 0.969 bits per heavy atom. The molecule has 3 aromatic rings. The van der Waals surface area contributed by atoms with Crippen molar-refractivity contribution in [2.75, 3.05) is 5.32 Å². The summed E-state index contributed by atoms with van der Waals surface area (Å²) in [5.74, 6) is -0.806. The van der Waals surface area contributed by atoms with Crippen molar-refractivity contribution < 1.29 is 27.5 Å². The number of carbonyl (C=O) groups excluding carboxylic acids is 2. The van der Waals surface area contributed by atoms with E-state index in [1.807, 2.05) is 0 Å². The molecule has 1 heterocycles. The molecule has 0 spiro atoms. The van der Waals surface area contributed by atoms with Gasteiger partial charge in [-0.3, -0.25) is 10.1 Å². The van der Waals surface area contributed by atoms with Gasteiger partial charge in [0.2, 0.25) is 12.0 Å². The number of aryl methyl sites for hydroxylation is 2. The van der Waals surface area contributed by atoms with E-state index in [0.29, 0.717) is 11.1 Å². The highest BCUT2D eigenvalue weighted by molar-refractivity contribution is 6.08. The van der Waals surface area contributed by atoms with Crippen LogP contribution in [0.4, 0.5) is 23.7 Å². The minimum atomic E-state index is -4.65. The lowest BCUT2D eigenvalue weighted by molar-refractivity contribution is -0.198. The Morgan fingerprint density at radius 3 is 2.25 bits per heavy atom. The molecule has 1 unspecified atom stereocenters. The van der Waals surface area contributed by atoms with Crippen LogP contribution in [-0.4, -0.2) is 23.1 Å². The molecule has 0 fully saturated rings. The molecule has 2 aromatic carbocycles. The summed E-state index contributed by atoms with van der Waals surface area (Å²) >= 11 is 0. The van der Waals surface area contributed by atoms with Gasteiger partial charge in [-0.05, 0) is 31.5 Å². The van der Waals surface area contributed by atoms with Crippen LogP contribution in [0.2, 0.25) is 0 Å². The lowest BCUT2D eigenvalue weighted by atomic mass is 10.1. The van der Waals surface area contributed by atoms with E-state index in [2.05, 4.69) is 15.6 Å². The van der Waals surface area contributed by atoms with Crippen LogP contribution in [-0.2, 0) is 0 Å². The highest BCUT2D eigenvalue weighted by atomic mass is 19.4. The number of carbonyl (C=O) groups is 2. The predicted molar refractivity (Wildman–Crippen MR) is 113 cm³/mol. The highest BCUT2D eigenvalue weighted by Crippen LogP contribution is 2.37. The zero-order valence-corrected chi connectivity index (χ0v) is 17.2. The van der Waals surface area contributed by atoms with Crippen molar-refractivity contribution in [3.8, 4) is 5.88 Å². The second-order valence-corrected chi connectivity index (χ2v) is 7.02. The van der Waals surface area contributed by atoms with Gasteiger partial charge in [-0.2, -0.15) is 13.2 Å². The zero-order chi connectivity index (χ0) is 23.3. The van der Waals surface area contributed by atoms with E-state index in [0.717, 1.165) is 6.20 Å². The van der Waals surface area contributed by atoms with Crippen molar-refractivity contribution in [3.63, 3.8) is 0 Å². The number of nitrogens with one attached hydrogen (secondary N) is 2. The van der Waals surface area contributed by atoms with Crippen LogP contribution in [0, 0.1) is 13.8 Å². The third-order valence-electron chi connectivity index (χ3n) is 4.53. The van der Waals surface area contributed by atoms with E-state index in [4.69, 9.17) is 4.74 Å². The van der Waals surface area contributed by atoms with Crippen LogP contribution < -0.4 is 15.4 Å². The molecule has 0 aliphatic heterocycles. The van der Waals surface area contributed by atoms with Crippen LogP contribution in [0.25, 0.3) is 0 Å². The Labute approximate surface area is 182 Å². The fourth-order valence-electron chi connectivity index (χ4n) is 2.98. The fourth-order valence-corrected chi connectivity index (χ4v) is 2.98. The van der Waals surface area contributed by atoms with E-state index in [1.54, 1.807) is 37.3 Å². The van der Waals surface area contributed by atoms with E-state index < -0.39 is 24.2 Å². The molecular formula is C23H20F3N3O3. The van der Waals surface area contributed by atoms with Gasteiger partial charge in [0.25, 0.3) is 5.91 Å². The summed E-state index contributed by atoms with van der Waals surface area (Å²) < 4.78 is 45.7. The Hall–Kier alpha value is -3.88. The standard InChI is InChI=1S/C23H20F3N3O3/c1-14-8-6-7-11-18(14)20(30)29-22(31)28-17-12-15(2)21(27-13-17)32-19(23(24,25)26)16-9-4-3-5-10-16/h3-13,19H,1-2H3,(H2,28,29,30,31). The normalized spacial score (nSPS) is 12.0. The Morgan fingerprint density at radius 2 is 1.62 bits per heavy atom. The molecular weight excluding hydrogens is 423 g/mol. The lowest BCUT2D eigenvalue weighted by Gasteiger charge is -2.22. The summed E-state index contributed by atoms with van der Waals surface area (Å²) in [7, 11) is 0. The number of rotatable bonds is 5. The maximum Gasteiger partial charge on any atom is 0.429 e. The van der Waals surface area contributed by atoms with Crippen LogP contribution in [0.15, 0.2) is 66.9 Å². The van der Waals surface area contributed by atoms with Gasteiger partial charge in [0.05, 0.1) is 11.9 Å². The lowest BCUT2D eigenvalue weighted by Crippen LogP contribution is -2.34. The van der Waals surface area contributed by atoms with E-state index >= 15 is 0 Å². The molecule has 2 N–H and O–H groups in total. The molecule has 9 heteroatoms. The number of ether oxygens (including phenoxy) is 1. The summed E-state index contributed by atoms with van der Waals surface area (Å²) in [5, 5.41) is 4.63. The van der Waals surface area contributed by atoms with Gasteiger partial charge in [-0.15, -0.1) is 0 Å². The number of hydrogen-bond donors (Lipinski definition) is 2. The molecule has 6 nitrogen and oxygen atoms in total. The molecule has 0 radical (unpaired) electrons. The first kappa shape index (κ1) is 22.8. The number of hydrogen-bond acceptors (Lipinski definition) is 4. The van der Waals surface area contributed by atoms with Crippen LogP contribution in [0.5, 0.6) is 5.88 Å². The minimum Gasteiger partial charge on any atom is -0.460 e. The van der Waals surface area contributed by atoms with Gasteiger partial charge < -0.3 is 10.1 Å². The molecule has 3 rings (SSSR count). The molecule has 1 aromatic heterocycles. The topological polar surface area (TPSA) is 80.3 Å². The number of alkyl halides is 3. The summed E-state index contributed by atoms with van der Waals surface area (Å²) in [5.41, 5.74) is 1.46. The number of imide groups is 1. The van der Waals surface area contributed by atoms with Gasteiger partial charge in [0.15, 0.2) is 0 Å². The van der Waals surface area contributed by atoms with Crippen molar-refractivity contribution in [2.45, 2.75) is 26.1 Å². The molecule has 32 heavy (non-hydrogen) atoms. The van der Waals surface area contributed by atoms with Crippen molar-refractivity contribution in [1.29, 1.82) is 0 Å². The second-order valence-electron chi connectivity index (χ2n) is 7.02. The first-order valence-corrected chi connectivity index (χ1v) is 9.58. The number of anilines is 1. The van der Waals surface area contributed by atoms with Crippen LogP contribution >= 0.6 is 0 Å². The first-order valence-electron chi connectivity index (χ1n) is 9.58. The molecule has 3 amide bonds. The van der Waals surface area contributed by atoms with E-state index in [-0.39, 0.29) is 22.7 Å². The number of amides is 3. The summed E-state index contributed by atoms with van der Waals surface area (Å²) in [6.45, 7) is 3.24. The zero-order valence-electron chi connectivity index (χ0n) is 17.2. The average molecular weight is 443 g/mol. The third-order valence-corrected chi connectivity index (χ3v) is 4.53. The van der Waals surface area contributed by atoms with E-state index in [1.165, 1.54) is 37.3 Å². The number of aromatic nitrogens is 1. The number of urea groups is 1. The summed E-state index contributed by atoms with van der Waals surface area (Å²) in [6, 6.07) is 14.6. The highest BCUT2D eigenvalue weighted by Gasteiger charge is 2.43. The molecule has 0 saturated heterocycles. The maximum absolute atomic E-state index is 13.5. The SMILES string of the molecule is Cc1ccccc1C(=O)NC(=O)Nc1cnc(OC(c2ccccc2)C(F)(F)F)c(C)c1. The van der Waals surface area contributed by atoms with Gasteiger partial charge in [-0.1, -0.05) is 48.5 Å². The molecule has 166 valence electrons. The molecule has 1 atom stereocenters. The monoisotopic (exact) mass is 443 g/mol. The van der Waals surface area contributed by atoms with Gasteiger partial charge in [0, 0.05) is 16.7 Å². The number of nitrogens with zero attached hydrogens (tertiary/aromatic N) is 1.